The lowest BCUT2D eigenvalue weighted by Crippen LogP contribution is -2.28. The fourth-order valence-electron chi connectivity index (χ4n) is 0.878. The van der Waals surface area contributed by atoms with Crippen LogP contribution in [0.3, 0.4) is 0 Å². The topological polar surface area (TPSA) is 102 Å². The van der Waals surface area contributed by atoms with Crippen molar-refractivity contribution in [3.63, 3.8) is 0 Å². The van der Waals surface area contributed by atoms with Crippen LogP contribution in [0.15, 0.2) is 0 Å². The van der Waals surface area contributed by atoms with E-state index in [0.29, 0.717) is 23.1 Å². The molecule has 0 amide bonds. The molecule has 0 radical (unpaired) electrons. The SMILES string of the molecule is Cc1nc2c(nc1N)NON2N. The lowest BCUT2D eigenvalue weighted by atomic mass is 10.4. The second-order valence-electron chi connectivity index (χ2n) is 2.39. The maximum Gasteiger partial charge on any atom is 0.218 e. The molecule has 5 N–H and O–H groups in total. The standard InChI is InChI=1S/C5H8N6O/c1-2-3(6)9-4-5(8-2)11(7)12-10-4/h7H2,1H3,(H3,6,9,10). The van der Waals surface area contributed by atoms with Gasteiger partial charge in [0.25, 0.3) is 0 Å². The Morgan fingerprint density at radius 2 is 2.25 bits per heavy atom. The summed E-state index contributed by atoms with van der Waals surface area (Å²) in [4.78, 5) is 12.7. The number of rotatable bonds is 0. The molecule has 1 aromatic rings. The third-order valence-corrected chi connectivity index (χ3v) is 1.54. The van der Waals surface area contributed by atoms with Crippen LogP contribution in [0.25, 0.3) is 0 Å². The fourth-order valence-corrected chi connectivity index (χ4v) is 0.878. The number of hydrogen-bond acceptors (Lipinski definition) is 7. The molecule has 2 heterocycles. The molecule has 2 rings (SSSR count). The van der Waals surface area contributed by atoms with E-state index in [1.165, 1.54) is 0 Å². The third kappa shape index (κ3) is 0.840. The van der Waals surface area contributed by atoms with Gasteiger partial charge in [0.1, 0.15) is 5.82 Å². The molecule has 0 spiro atoms. The monoisotopic (exact) mass is 168 g/mol. The second kappa shape index (κ2) is 2.19. The molecule has 0 bridgehead atoms. The van der Waals surface area contributed by atoms with E-state index in [1.54, 1.807) is 6.92 Å². The van der Waals surface area contributed by atoms with E-state index in [0.717, 1.165) is 5.17 Å². The molecular formula is C5H8N6O. The van der Waals surface area contributed by atoms with Crippen molar-refractivity contribution in [1.29, 1.82) is 0 Å². The van der Waals surface area contributed by atoms with Gasteiger partial charge in [0.15, 0.2) is 0 Å². The molecule has 1 aromatic heterocycles. The highest BCUT2D eigenvalue weighted by molar-refractivity contribution is 5.64. The number of aryl methyl sites for hydroxylation is 1. The summed E-state index contributed by atoms with van der Waals surface area (Å²) in [5.41, 5.74) is 8.60. The number of hydrogen-bond donors (Lipinski definition) is 3. The Morgan fingerprint density at radius 1 is 1.50 bits per heavy atom. The first-order chi connectivity index (χ1) is 5.68. The number of hydrazine groups is 1. The van der Waals surface area contributed by atoms with Crippen LogP contribution < -0.4 is 22.2 Å². The first-order valence-corrected chi connectivity index (χ1v) is 3.30. The molecular weight excluding hydrogens is 160 g/mol. The number of nitrogen functional groups attached to an aromatic ring is 1. The van der Waals surface area contributed by atoms with E-state index in [-0.39, 0.29) is 0 Å². The number of nitrogens with one attached hydrogen (secondary N) is 1. The lowest BCUT2D eigenvalue weighted by Gasteiger charge is -2.05. The van der Waals surface area contributed by atoms with Gasteiger partial charge in [-0.3, -0.25) is 0 Å². The van der Waals surface area contributed by atoms with Crippen LogP contribution in [0, 0.1) is 6.92 Å². The summed E-state index contributed by atoms with van der Waals surface area (Å²) in [6, 6.07) is 0. The number of nitrogens with two attached hydrogens (primary N) is 2. The molecule has 1 aliphatic heterocycles. The van der Waals surface area contributed by atoms with E-state index in [1.807, 2.05) is 0 Å². The maximum atomic E-state index is 5.51. The molecule has 0 aromatic carbocycles. The Morgan fingerprint density at radius 3 is 3.00 bits per heavy atom. The predicted molar refractivity (Wildman–Crippen MR) is 42.6 cm³/mol. The molecule has 0 saturated heterocycles. The van der Waals surface area contributed by atoms with Gasteiger partial charge >= 0.3 is 0 Å². The highest BCUT2D eigenvalue weighted by atomic mass is 16.8. The summed E-state index contributed by atoms with van der Waals surface area (Å²) in [6.45, 7) is 1.74. The second-order valence-corrected chi connectivity index (χ2v) is 2.39. The van der Waals surface area contributed by atoms with Crippen molar-refractivity contribution in [2.45, 2.75) is 6.92 Å². The summed E-state index contributed by atoms with van der Waals surface area (Å²) >= 11 is 0. The average molecular weight is 168 g/mol. The van der Waals surface area contributed by atoms with Crippen LogP contribution in [-0.4, -0.2) is 9.97 Å². The molecule has 0 unspecified atom stereocenters. The smallest absolute Gasteiger partial charge is 0.218 e. The fraction of sp³-hybridized carbons (Fsp3) is 0.200. The van der Waals surface area contributed by atoms with Gasteiger partial charge in [-0.2, -0.15) is 0 Å². The van der Waals surface area contributed by atoms with Crippen molar-refractivity contribution in [2.24, 2.45) is 5.84 Å². The molecule has 64 valence electrons. The van der Waals surface area contributed by atoms with Crippen LogP contribution in [0.5, 0.6) is 0 Å². The lowest BCUT2D eigenvalue weighted by molar-refractivity contribution is 0.180. The van der Waals surface area contributed by atoms with Crippen molar-refractivity contribution < 1.29 is 4.94 Å². The van der Waals surface area contributed by atoms with Crippen molar-refractivity contribution >= 4 is 17.5 Å². The van der Waals surface area contributed by atoms with Gasteiger partial charge in [0, 0.05) is 0 Å². The highest BCUT2D eigenvalue weighted by Crippen LogP contribution is 2.26. The van der Waals surface area contributed by atoms with Crippen LogP contribution >= 0.6 is 0 Å². The van der Waals surface area contributed by atoms with Crippen LogP contribution in [-0.2, 0) is 4.94 Å². The van der Waals surface area contributed by atoms with Crippen molar-refractivity contribution in [3.8, 4) is 0 Å². The number of anilines is 3. The van der Waals surface area contributed by atoms with Crippen molar-refractivity contribution in [1.82, 2.24) is 9.97 Å². The minimum atomic E-state index is 0.361. The van der Waals surface area contributed by atoms with E-state index in [4.69, 9.17) is 16.5 Å². The third-order valence-electron chi connectivity index (χ3n) is 1.54. The van der Waals surface area contributed by atoms with E-state index in [9.17, 15) is 0 Å². The molecule has 0 atom stereocenters. The summed E-state index contributed by atoms with van der Waals surface area (Å²) in [5.74, 6) is 6.60. The maximum absolute atomic E-state index is 5.51. The van der Waals surface area contributed by atoms with Crippen LogP contribution in [0.1, 0.15) is 5.69 Å². The van der Waals surface area contributed by atoms with Gasteiger partial charge in [0.2, 0.25) is 11.6 Å². The Bertz CT molecular complexity index is 326. The van der Waals surface area contributed by atoms with Gasteiger partial charge < -0.3 is 5.73 Å². The Kier molecular flexibility index (Phi) is 1.29. The molecule has 0 fully saturated rings. The predicted octanol–water partition coefficient (Wildman–Crippen LogP) is -0.681. The normalized spacial score (nSPS) is 14.3. The summed E-state index contributed by atoms with van der Waals surface area (Å²) < 4.78 is 0. The number of fused-ring (bicyclic) bond motifs is 1. The van der Waals surface area contributed by atoms with Crippen molar-refractivity contribution in [3.05, 3.63) is 5.69 Å². The van der Waals surface area contributed by atoms with Crippen LogP contribution in [0.2, 0.25) is 0 Å². The molecule has 0 aliphatic carbocycles. The number of aromatic nitrogens is 2. The molecule has 7 nitrogen and oxygen atoms in total. The highest BCUT2D eigenvalue weighted by Gasteiger charge is 2.21. The first kappa shape index (κ1) is 7.07. The molecule has 1 aliphatic rings. The largest absolute Gasteiger partial charge is 0.382 e. The minimum absolute atomic E-state index is 0.361. The van der Waals surface area contributed by atoms with E-state index in [2.05, 4.69) is 15.4 Å². The Balaban J connectivity index is 2.56. The zero-order valence-electron chi connectivity index (χ0n) is 6.40. The van der Waals surface area contributed by atoms with Gasteiger partial charge in [0.05, 0.1) is 5.69 Å². The average Bonchev–Trinajstić information content (AvgIpc) is 2.35. The quantitative estimate of drug-likeness (QED) is 0.441. The molecule has 7 heteroatoms. The summed E-state index contributed by atoms with van der Waals surface area (Å²) in [6.07, 6.45) is 0. The van der Waals surface area contributed by atoms with Gasteiger partial charge in [-0.1, -0.05) is 0 Å². The van der Waals surface area contributed by atoms with Crippen molar-refractivity contribution in [2.75, 3.05) is 16.4 Å². The molecule has 12 heavy (non-hydrogen) atoms. The molecule has 0 saturated carbocycles. The summed E-state index contributed by atoms with van der Waals surface area (Å²) in [5, 5.41) is 0.995. The van der Waals surface area contributed by atoms with E-state index < -0.39 is 0 Å². The zero-order valence-corrected chi connectivity index (χ0v) is 6.40. The van der Waals surface area contributed by atoms with Gasteiger partial charge in [-0.15, -0.1) is 10.1 Å². The van der Waals surface area contributed by atoms with Gasteiger partial charge in [-0.05, 0) is 6.92 Å². The first-order valence-electron chi connectivity index (χ1n) is 3.30. The Hall–Kier alpha value is -1.60. The van der Waals surface area contributed by atoms with Crippen LogP contribution in [0.4, 0.5) is 17.5 Å². The van der Waals surface area contributed by atoms with E-state index >= 15 is 0 Å². The Labute approximate surface area is 68.2 Å². The van der Waals surface area contributed by atoms with Gasteiger partial charge in [-0.25, -0.2) is 21.3 Å². The minimum Gasteiger partial charge on any atom is -0.382 e. The summed E-state index contributed by atoms with van der Waals surface area (Å²) in [7, 11) is 0. The zero-order chi connectivity index (χ0) is 8.72. The number of nitrogens with zero attached hydrogens (tertiary/aromatic N) is 3.